The zero-order valence-corrected chi connectivity index (χ0v) is 15.7. The molecule has 0 saturated heterocycles. The number of amides is 1. The van der Waals surface area contributed by atoms with Crippen LogP contribution in [0.4, 0.5) is 0 Å². The molecule has 1 unspecified atom stereocenters. The molecule has 4 heteroatoms. The van der Waals surface area contributed by atoms with Gasteiger partial charge in [-0.2, -0.15) is 0 Å². The summed E-state index contributed by atoms with van der Waals surface area (Å²) in [6.07, 6.45) is 4.90. The third-order valence-corrected chi connectivity index (χ3v) is 6.29. The fourth-order valence-corrected chi connectivity index (χ4v) is 4.24. The van der Waals surface area contributed by atoms with Crippen LogP contribution in [0.25, 0.3) is 0 Å². The molecule has 1 atom stereocenters. The Morgan fingerprint density at radius 3 is 2.42 bits per heavy atom. The molecule has 4 nitrogen and oxygen atoms in total. The van der Waals surface area contributed by atoms with Crippen molar-refractivity contribution >= 4 is 5.91 Å². The van der Waals surface area contributed by atoms with Gasteiger partial charge in [0.2, 0.25) is 0 Å². The Bertz CT molecular complexity index is 909. The topological polar surface area (TPSA) is 51.1 Å². The number of pyridine rings is 1. The number of carbonyl (C=O) groups excluding carboxylic acids is 1. The molecule has 1 aromatic heterocycles. The van der Waals surface area contributed by atoms with Gasteiger partial charge in [0.25, 0.3) is 11.5 Å². The van der Waals surface area contributed by atoms with Crippen LogP contribution in [-0.4, -0.2) is 17.0 Å². The molecular formula is C22H26N2O2. The van der Waals surface area contributed by atoms with E-state index in [-0.39, 0.29) is 28.3 Å². The van der Waals surface area contributed by atoms with Gasteiger partial charge in [0.1, 0.15) is 5.56 Å². The Morgan fingerprint density at radius 1 is 1.19 bits per heavy atom. The molecule has 1 N–H and O–H groups in total. The van der Waals surface area contributed by atoms with E-state index in [2.05, 4.69) is 31.3 Å². The van der Waals surface area contributed by atoms with Gasteiger partial charge >= 0.3 is 0 Å². The summed E-state index contributed by atoms with van der Waals surface area (Å²) in [6, 6.07) is 12.5. The van der Waals surface area contributed by atoms with Gasteiger partial charge in [0, 0.05) is 24.2 Å². The zero-order valence-electron chi connectivity index (χ0n) is 15.7. The second-order valence-electron chi connectivity index (χ2n) is 8.51. The number of hydrogen-bond acceptors (Lipinski definition) is 2. The SMILES string of the molecule is Cc1ccn(C2CC2)c(=O)c1C(=O)NCC1(c2ccccc2)CC1(C)C. The van der Waals surface area contributed by atoms with Crippen molar-refractivity contribution in [3.05, 3.63) is 69.6 Å². The van der Waals surface area contributed by atoms with Gasteiger partial charge < -0.3 is 9.88 Å². The molecule has 2 fully saturated rings. The Morgan fingerprint density at radius 2 is 1.85 bits per heavy atom. The molecule has 26 heavy (non-hydrogen) atoms. The van der Waals surface area contributed by atoms with Crippen molar-refractivity contribution in [3.8, 4) is 0 Å². The van der Waals surface area contributed by atoms with Crippen molar-refractivity contribution in [3.63, 3.8) is 0 Å². The van der Waals surface area contributed by atoms with Gasteiger partial charge in [0.15, 0.2) is 0 Å². The maximum absolute atomic E-state index is 12.9. The maximum Gasteiger partial charge on any atom is 0.263 e. The molecule has 2 aromatic rings. The predicted octanol–water partition coefficient (Wildman–Crippen LogP) is 3.59. The van der Waals surface area contributed by atoms with Crippen LogP contribution in [0.15, 0.2) is 47.4 Å². The van der Waals surface area contributed by atoms with Gasteiger partial charge in [-0.1, -0.05) is 44.2 Å². The zero-order chi connectivity index (χ0) is 18.5. The van der Waals surface area contributed by atoms with E-state index in [1.54, 1.807) is 4.57 Å². The van der Waals surface area contributed by atoms with Gasteiger partial charge in [0.05, 0.1) is 0 Å². The first-order valence-electron chi connectivity index (χ1n) is 9.41. The lowest BCUT2D eigenvalue weighted by atomic mass is 9.87. The monoisotopic (exact) mass is 350 g/mol. The molecule has 2 aliphatic carbocycles. The minimum absolute atomic E-state index is 0.0535. The highest BCUT2D eigenvalue weighted by atomic mass is 16.2. The summed E-state index contributed by atoms with van der Waals surface area (Å²) in [4.78, 5) is 25.6. The van der Waals surface area contributed by atoms with Crippen LogP contribution in [0.3, 0.4) is 0 Å². The first kappa shape index (κ1) is 17.1. The lowest BCUT2D eigenvalue weighted by molar-refractivity contribution is 0.0945. The average Bonchev–Trinajstić information content (AvgIpc) is 3.51. The second-order valence-corrected chi connectivity index (χ2v) is 8.51. The number of nitrogens with zero attached hydrogens (tertiary/aromatic N) is 1. The Balaban J connectivity index is 1.58. The summed E-state index contributed by atoms with van der Waals surface area (Å²) in [6.45, 7) is 6.86. The smallest absolute Gasteiger partial charge is 0.263 e. The molecule has 1 aromatic carbocycles. The third kappa shape index (κ3) is 2.68. The summed E-state index contributed by atoms with van der Waals surface area (Å²) in [5.74, 6) is -0.250. The number of hydrogen-bond donors (Lipinski definition) is 1. The van der Waals surface area contributed by atoms with E-state index >= 15 is 0 Å². The maximum atomic E-state index is 12.9. The van der Waals surface area contributed by atoms with E-state index in [0.29, 0.717) is 12.1 Å². The van der Waals surface area contributed by atoms with Crippen molar-refractivity contribution in [2.45, 2.75) is 51.5 Å². The normalized spacial score (nSPS) is 23.5. The summed E-state index contributed by atoms with van der Waals surface area (Å²) < 4.78 is 1.72. The number of nitrogens with one attached hydrogen (secondary N) is 1. The number of carbonyl (C=O) groups is 1. The van der Waals surface area contributed by atoms with E-state index in [1.807, 2.05) is 37.4 Å². The minimum Gasteiger partial charge on any atom is -0.351 e. The highest BCUT2D eigenvalue weighted by molar-refractivity contribution is 5.95. The lowest BCUT2D eigenvalue weighted by Gasteiger charge is -2.22. The predicted molar refractivity (Wildman–Crippen MR) is 103 cm³/mol. The van der Waals surface area contributed by atoms with Crippen LogP contribution in [0, 0.1) is 12.3 Å². The van der Waals surface area contributed by atoms with Crippen molar-refractivity contribution in [1.82, 2.24) is 9.88 Å². The molecule has 136 valence electrons. The molecule has 4 rings (SSSR count). The van der Waals surface area contributed by atoms with Crippen LogP contribution < -0.4 is 10.9 Å². The lowest BCUT2D eigenvalue weighted by Crippen LogP contribution is -2.39. The molecule has 0 aliphatic heterocycles. The number of aryl methyl sites for hydroxylation is 1. The van der Waals surface area contributed by atoms with E-state index in [0.717, 1.165) is 24.8 Å². The largest absolute Gasteiger partial charge is 0.351 e. The van der Waals surface area contributed by atoms with Crippen LogP contribution in [-0.2, 0) is 5.41 Å². The van der Waals surface area contributed by atoms with Crippen molar-refractivity contribution in [2.75, 3.05) is 6.54 Å². The Kier molecular flexibility index (Phi) is 3.83. The van der Waals surface area contributed by atoms with E-state index in [9.17, 15) is 9.59 Å². The highest BCUT2D eigenvalue weighted by Gasteiger charge is 2.61. The number of aromatic nitrogens is 1. The quantitative estimate of drug-likeness (QED) is 0.896. The number of rotatable bonds is 5. The van der Waals surface area contributed by atoms with Gasteiger partial charge in [-0.3, -0.25) is 9.59 Å². The van der Waals surface area contributed by atoms with Crippen LogP contribution >= 0.6 is 0 Å². The first-order chi connectivity index (χ1) is 12.4. The molecule has 0 spiro atoms. The minimum atomic E-state index is -0.250. The van der Waals surface area contributed by atoms with E-state index < -0.39 is 0 Å². The Hall–Kier alpha value is -2.36. The fourth-order valence-electron chi connectivity index (χ4n) is 4.24. The molecule has 1 amide bonds. The summed E-state index contributed by atoms with van der Waals surface area (Å²) >= 11 is 0. The van der Waals surface area contributed by atoms with Crippen LogP contribution in [0.2, 0.25) is 0 Å². The fraction of sp³-hybridized carbons (Fsp3) is 0.455. The highest BCUT2D eigenvalue weighted by Crippen LogP contribution is 2.63. The second kappa shape index (κ2) is 5.83. The van der Waals surface area contributed by atoms with E-state index in [1.165, 1.54) is 5.56 Å². The number of benzene rings is 1. The van der Waals surface area contributed by atoms with Gasteiger partial charge in [-0.15, -0.1) is 0 Å². The van der Waals surface area contributed by atoms with Gasteiger partial charge in [-0.05, 0) is 48.8 Å². The van der Waals surface area contributed by atoms with Crippen LogP contribution in [0.1, 0.15) is 60.6 Å². The Labute approximate surface area is 154 Å². The standard InChI is InChI=1S/C22H26N2O2/c1-15-11-12-24(17-9-10-17)20(26)18(15)19(25)23-14-22(13-21(22,2)3)16-7-5-4-6-8-16/h4-8,11-12,17H,9-10,13-14H2,1-3H3,(H,23,25). The molecule has 2 aliphatic rings. The molecule has 1 heterocycles. The average molecular weight is 350 g/mol. The molecule has 0 bridgehead atoms. The summed E-state index contributed by atoms with van der Waals surface area (Å²) in [7, 11) is 0. The third-order valence-electron chi connectivity index (χ3n) is 6.29. The van der Waals surface area contributed by atoms with Crippen LogP contribution in [0.5, 0.6) is 0 Å². The molecule has 0 radical (unpaired) electrons. The van der Waals surface area contributed by atoms with E-state index in [4.69, 9.17) is 0 Å². The van der Waals surface area contributed by atoms with Gasteiger partial charge in [-0.25, -0.2) is 0 Å². The summed E-state index contributed by atoms with van der Waals surface area (Å²) in [5, 5.41) is 3.07. The molecular weight excluding hydrogens is 324 g/mol. The van der Waals surface area contributed by atoms with Crippen molar-refractivity contribution in [1.29, 1.82) is 0 Å². The summed E-state index contributed by atoms with van der Waals surface area (Å²) in [5.41, 5.74) is 2.22. The van der Waals surface area contributed by atoms with Crippen molar-refractivity contribution < 1.29 is 4.79 Å². The molecule has 2 saturated carbocycles. The van der Waals surface area contributed by atoms with Crippen molar-refractivity contribution in [2.24, 2.45) is 5.41 Å². The first-order valence-corrected chi connectivity index (χ1v) is 9.41.